The molecule has 0 fully saturated rings. The van der Waals surface area contributed by atoms with Gasteiger partial charge in [0, 0.05) is 17.2 Å². The summed E-state index contributed by atoms with van der Waals surface area (Å²) in [6, 6.07) is 19.6. The summed E-state index contributed by atoms with van der Waals surface area (Å²) in [6.07, 6.45) is 0. The Morgan fingerprint density at radius 3 is 1.75 bits per heavy atom. The molecule has 0 unspecified atom stereocenters. The first-order valence-corrected chi connectivity index (χ1v) is 10.1. The molecule has 2 nitrogen and oxygen atoms in total. The third-order valence-electron chi connectivity index (χ3n) is 3.86. The molecular formula is C21H26INO. The quantitative estimate of drug-likeness (QED) is 0.440. The van der Waals surface area contributed by atoms with Crippen molar-refractivity contribution in [2.24, 2.45) is 0 Å². The SMILES string of the molecule is CC(C)N(C)CC#CC(O)(c1ccccc1)c1ccccc1.CI. The molecule has 2 aromatic rings. The van der Waals surface area contributed by atoms with Crippen LogP contribution >= 0.6 is 22.6 Å². The molecule has 0 aliphatic heterocycles. The summed E-state index contributed by atoms with van der Waals surface area (Å²) in [6.45, 7) is 4.88. The molecule has 0 amide bonds. The molecule has 1 N–H and O–H groups in total. The fourth-order valence-corrected chi connectivity index (χ4v) is 2.14. The zero-order valence-electron chi connectivity index (χ0n) is 14.8. The summed E-state index contributed by atoms with van der Waals surface area (Å²) >= 11 is 2.15. The van der Waals surface area contributed by atoms with Crippen molar-refractivity contribution in [1.29, 1.82) is 0 Å². The number of benzene rings is 2. The van der Waals surface area contributed by atoms with E-state index in [2.05, 4.69) is 53.2 Å². The highest BCUT2D eigenvalue weighted by atomic mass is 127. The van der Waals surface area contributed by atoms with Crippen molar-refractivity contribution in [1.82, 2.24) is 4.90 Å². The minimum absolute atomic E-state index is 0.427. The molecule has 0 spiro atoms. The average Bonchev–Trinajstić information content (AvgIpc) is 2.64. The first-order valence-electron chi connectivity index (χ1n) is 7.95. The summed E-state index contributed by atoms with van der Waals surface area (Å²) < 4.78 is 0. The monoisotopic (exact) mass is 435 g/mol. The molecular weight excluding hydrogens is 409 g/mol. The average molecular weight is 435 g/mol. The molecule has 128 valence electrons. The van der Waals surface area contributed by atoms with Gasteiger partial charge in [-0.25, -0.2) is 0 Å². The molecule has 0 saturated carbocycles. The lowest BCUT2D eigenvalue weighted by atomic mass is 9.87. The van der Waals surface area contributed by atoms with Crippen LogP contribution in [0, 0.1) is 11.8 Å². The van der Waals surface area contributed by atoms with Crippen molar-refractivity contribution in [2.75, 3.05) is 18.5 Å². The third-order valence-corrected chi connectivity index (χ3v) is 3.86. The van der Waals surface area contributed by atoms with Gasteiger partial charge in [0.25, 0.3) is 0 Å². The van der Waals surface area contributed by atoms with Gasteiger partial charge in [0.15, 0.2) is 5.60 Å². The number of hydrogen-bond donors (Lipinski definition) is 1. The van der Waals surface area contributed by atoms with Crippen LogP contribution in [0.2, 0.25) is 0 Å². The van der Waals surface area contributed by atoms with E-state index in [1.165, 1.54) is 0 Å². The molecule has 2 rings (SSSR count). The standard InChI is InChI=1S/C20H23NO.CH3I/c1-17(2)21(3)16-10-15-20(22,18-11-6-4-7-12-18)19-13-8-5-9-14-19;1-2/h4-9,11-14,17,22H,16H2,1-3H3;1H3. The van der Waals surface area contributed by atoms with Gasteiger partial charge in [-0.3, -0.25) is 4.90 Å². The lowest BCUT2D eigenvalue weighted by molar-refractivity contribution is 0.145. The molecule has 0 aromatic heterocycles. The van der Waals surface area contributed by atoms with Gasteiger partial charge in [-0.2, -0.15) is 0 Å². The van der Waals surface area contributed by atoms with Crippen LogP contribution in [0.5, 0.6) is 0 Å². The van der Waals surface area contributed by atoms with Gasteiger partial charge >= 0.3 is 0 Å². The number of hydrogen-bond acceptors (Lipinski definition) is 2. The van der Waals surface area contributed by atoms with Crippen LogP contribution in [0.25, 0.3) is 0 Å². The van der Waals surface area contributed by atoms with Gasteiger partial charge in [-0.15, -0.1) is 0 Å². The number of nitrogens with zero attached hydrogens (tertiary/aromatic N) is 1. The van der Waals surface area contributed by atoms with Crippen LogP contribution in [0.15, 0.2) is 60.7 Å². The third kappa shape index (κ3) is 5.62. The molecule has 0 heterocycles. The Bertz CT molecular complexity index is 604. The van der Waals surface area contributed by atoms with E-state index in [0.717, 1.165) is 11.1 Å². The molecule has 0 aliphatic carbocycles. The molecule has 3 heteroatoms. The second-order valence-electron chi connectivity index (χ2n) is 5.75. The summed E-state index contributed by atoms with van der Waals surface area (Å²) in [5, 5.41) is 11.2. The first-order chi connectivity index (χ1) is 11.5. The Labute approximate surface area is 160 Å². The van der Waals surface area contributed by atoms with E-state index in [9.17, 15) is 5.11 Å². The van der Waals surface area contributed by atoms with Crippen LogP contribution in [-0.2, 0) is 5.60 Å². The number of aliphatic hydroxyl groups is 1. The van der Waals surface area contributed by atoms with E-state index < -0.39 is 5.60 Å². The van der Waals surface area contributed by atoms with Crippen LogP contribution in [0.1, 0.15) is 25.0 Å². The fraction of sp³-hybridized carbons (Fsp3) is 0.333. The van der Waals surface area contributed by atoms with Gasteiger partial charge in [-0.05, 0) is 25.8 Å². The van der Waals surface area contributed by atoms with E-state index in [1.807, 2.05) is 72.6 Å². The van der Waals surface area contributed by atoms with Gasteiger partial charge in [-0.1, -0.05) is 95.1 Å². The van der Waals surface area contributed by atoms with Gasteiger partial charge in [0.1, 0.15) is 0 Å². The second-order valence-corrected chi connectivity index (χ2v) is 5.75. The minimum atomic E-state index is -1.28. The lowest BCUT2D eigenvalue weighted by Gasteiger charge is -2.24. The molecule has 0 aliphatic rings. The van der Waals surface area contributed by atoms with Crippen LogP contribution in [0.3, 0.4) is 0 Å². The summed E-state index contributed by atoms with van der Waals surface area (Å²) in [7, 11) is 2.03. The second kappa shape index (κ2) is 10.5. The van der Waals surface area contributed by atoms with Crippen molar-refractivity contribution in [3.8, 4) is 11.8 Å². The largest absolute Gasteiger partial charge is 0.369 e. The topological polar surface area (TPSA) is 23.5 Å². The molecule has 24 heavy (non-hydrogen) atoms. The first kappa shape index (κ1) is 20.7. The van der Waals surface area contributed by atoms with Crippen molar-refractivity contribution >= 4 is 22.6 Å². The van der Waals surface area contributed by atoms with Crippen molar-refractivity contribution in [3.63, 3.8) is 0 Å². The predicted molar refractivity (Wildman–Crippen MR) is 111 cm³/mol. The van der Waals surface area contributed by atoms with Gasteiger partial charge < -0.3 is 5.11 Å². The zero-order valence-corrected chi connectivity index (χ0v) is 17.0. The Morgan fingerprint density at radius 1 is 0.958 bits per heavy atom. The van der Waals surface area contributed by atoms with Crippen molar-refractivity contribution in [3.05, 3.63) is 71.8 Å². The number of alkyl halides is 1. The molecule has 0 radical (unpaired) electrons. The van der Waals surface area contributed by atoms with Gasteiger partial charge in [0.2, 0.25) is 0 Å². The molecule has 2 aromatic carbocycles. The maximum atomic E-state index is 11.2. The predicted octanol–water partition coefficient (Wildman–Crippen LogP) is 4.32. The Balaban J connectivity index is 0.00000139. The van der Waals surface area contributed by atoms with E-state index in [1.54, 1.807) is 0 Å². The zero-order chi connectivity index (χ0) is 18.0. The van der Waals surface area contributed by atoms with E-state index in [-0.39, 0.29) is 0 Å². The van der Waals surface area contributed by atoms with E-state index >= 15 is 0 Å². The van der Waals surface area contributed by atoms with E-state index in [4.69, 9.17) is 0 Å². The Hall–Kier alpha value is -1.35. The Morgan fingerprint density at radius 2 is 1.38 bits per heavy atom. The highest BCUT2D eigenvalue weighted by Gasteiger charge is 2.28. The summed E-state index contributed by atoms with van der Waals surface area (Å²) in [5.74, 6) is 6.21. The summed E-state index contributed by atoms with van der Waals surface area (Å²) in [5.41, 5.74) is 0.308. The van der Waals surface area contributed by atoms with Crippen molar-refractivity contribution in [2.45, 2.75) is 25.5 Å². The molecule has 0 atom stereocenters. The van der Waals surface area contributed by atoms with Crippen molar-refractivity contribution < 1.29 is 5.11 Å². The molecule has 0 bridgehead atoms. The number of halogens is 1. The maximum Gasteiger partial charge on any atom is 0.176 e. The maximum absolute atomic E-state index is 11.2. The minimum Gasteiger partial charge on any atom is -0.369 e. The van der Waals surface area contributed by atoms with Crippen LogP contribution in [0.4, 0.5) is 0 Å². The summed E-state index contributed by atoms with van der Waals surface area (Å²) in [4.78, 5) is 4.11. The highest BCUT2D eigenvalue weighted by molar-refractivity contribution is 14.1. The Kier molecular flexibility index (Phi) is 9.05. The fourth-order valence-electron chi connectivity index (χ4n) is 2.14. The number of rotatable bonds is 4. The van der Waals surface area contributed by atoms with Crippen LogP contribution in [-0.4, -0.2) is 34.6 Å². The molecule has 0 saturated heterocycles. The van der Waals surface area contributed by atoms with Gasteiger partial charge in [0.05, 0.1) is 6.54 Å². The highest BCUT2D eigenvalue weighted by Crippen LogP contribution is 2.28. The normalized spacial score (nSPS) is 10.7. The van der Waals surface area contributed by atoms with E-state index in [0.29, 0.717) is 12.6 Å². The smallest absolute Gasteiger partial charge is 0.176 e. The lowest BCUT2D eigenvalue weighted by Crippen LogP contribution is -2.28. The van der Waals surface area contributed by atoms with Crippen LogP contribution < -0.4 is 0 Å².